The maximum absolute atomic E-state index is 11.2. The van der Waals surface area contributed by atoms with Gasteiger partial charge in [0.05, 0.1) is 7.11 Å². The number of rotatable bonds is 5. The molecule has 2 rings (SSSR count). The van der Waals surface area contributed by atoms with Crippen LogP contribution in [0.1, 0.15) is 21.5 Å². The highest BCUT2D eigenvalue weighted by Gasteiger charge is 2.17. The zero-order valence-electron chi connectivity index (χ0n) is 11.1. The number of methoxy groups -OCH3 is 1. The van der Waals surface area contributed by atoms with Crippen LogP contribution < -0.4 is 4.74 Å². The Morgan fingerprint density at radius 3 is 2.45 bits per heavy atom. The highest BCUT2D eigenvalue weighted by atomic mass is 35.5. The summed E-state index contributed by atoms with van der Waals surface area (Å²) >= 11 is 6.18. The zero-order chi connectivity index (χ0) is 14.5. The van der Waals surface area contributed by atoms with E-state index in [9.17, 15) is 9.90 Å². The molecule has 3 nitrogen and oxygen atoms in total. The lowest BCUT2D eigenvalue weighted by atomic mass is 10.0. The van der Waals surface area contributed by atoms with E-state index in [2.05, 4.69) is 0 Å². The van der Waals surface area contributed by atoms with E-state index in [-0.39, 0.29) is 5.56 Å². The second kappa shape index (κ2) is 6.44. The van der Waals surface area contributed by atoms with Crippen LogP contribution in [0.3, 0.4) is 0 Å². The van der Waals surface area contributed by atoms with E-state index in [0.29, 0.717) is 17.2 Å². The molecule has 0 aromatic heterocycles. The molecule has 0 saturated carbocycles. The van der Waals surface area contributed by atoms with E-state index in [1.165, 1.54) is 18.7 Å². The van der Waals surface area contributed by atoms with Gasteiger partial charge in [0.1, 0.15) is 11.3 Å². The number of aromatic carboxylic acids is 1. The average Bonchev–Trinajstić information content (AvgIpc) is 2.46. The van der Waals surface area contributed by atoms with Crippen LogP contribution in [0.25, 0.3) is 0 Å². The van der Waals surface area contributed by atoms with Crippen LogP contribution >= 0.6 is 11.6 Å². The standard InChI is InChI=1S/C16H15ClO3/c1-20-15-12(8-7-11-5-3-2-4-6-11)14(17)10-9-13(15)16(18)19/h2-6,9-10H,7-8H2,1H3,(H,18,19). The summed E-state index contributed by atoms with van der Waals surface area (Å²) in [6.07, 6.45) is 1.41. The second-order valence-electron chi connectivity index (χ2n) is 4.40. The van der Waals surface area contributed by atoms with Gasteiger partial charge in [0.15, 0.2) is 0 Å². The maximum Gasteiger partial charge on any atom is 0.339 e. The monoisotopic (exact) mass is 290 g/mol. The van der Waals surface area contributed by atoms with Crippen LogP contribution in [0.5, 0.6) is 5.75 Å². The Balaban J connectivity index is 2.30. The van der Waals surface area contributed by atoms with Gasteiger partial charge in [0.25, 0.3) is 0 Å². The van der Waals surface area contributed by atoms with E-state index < -0.39 is 5.97 Å². The van der Waals surface area contributed by atoms with Crippen molar-refractivity contribution in [3.05, 3.63) is 64.2 Å². The van der Waals surface area contributed by atoms with Gasteiger partial charge < -0.3 is 9.84 Å². The minimum atomic E-state index is -1.01. The lowest BCUT2D eigenvalue weighted by Gasteiger charge is -2.13. The molecule has 20 heavy (non-hydrogen) atoms. The van der Waals surface area contributed by atoms with Gasteiger partial charge in [-0.3, -0.25) is 0 Å². The Morgan fingerprint density at radius 2 is 1.85 bits per heavy atom. The Hall–Kier alpha value is -2.00. The largest absolute Gasteiger partial charge is 0.496 e. The second-order valence-corrected chi connectivity index (χ2v) is 4.80. The highest BCUT2D eigenvalue weighted by molar-refractivity contribution is 6.31. The topological polar surface area (TPSA) is 46.5 Å². The molecule has 0 amide bonds. The number of carboxylic acid groups (broad SMARTS) is 1. The average molecular weight is 291 g/mol. The molecule has 0 heterocycles. The summed E-state index contributed by atoms with van der Waals surface area (Å²) < 4.78 is 5.24. The van der Waals surface area contributed by atoms with E-state index >= 15 is 0 Å². The quantitative estimate of drug-likeness (QED) is 0.910. The number of aryl methyl sites for hydroxylation is 1. The van der Waals surface area contributed by atoms with Gasteiger partial charge in [-0.05, 0) is 30.5 Å². The van der Waals surface area contributed by atoms with Crippen LogP contribution in [-0.2, 0) is 12.8 Å². The van der Waals surface area contributed by atoms with Gasteiger partial charge in [0.2, 0.25) is 0 Å². The van der Waals surface area contributed by atoms with Crippen LogP contribution in [0, 0.1) is 0 Å². The highest BCUT2D eigenvalue weighted by Crippen LogP contribution is 2.31. The van der Waals surface area contributed by atoms with Gasteiger partial charge in [-0.25, -0.2) is 4.79 Å². The van der Waals surface area contributed by atoms with Crippen molar-refractivity contribution in [1.82, 2.24) is 0 Å². The van der Waals surface area contributed by atoms with Crippen molar-refractivity contribution in [1.29, 1.82) is 0 Å². The van der Waals surface area contributed by atoms with E-state index in [4.69, 9.17) is 16.3 Å². The number of ether oxygens (including phenoxy) is 1. The molecule has 0 aliphatic heterocycles. The molecule has 2 aromatic carbocycles. The Bertz CT molecular complexity index is 609. The van der Waals surface area contributed by atoms with Crippen LogP contribution in [0.4, 0.5) is 0 Å². The maximum atomic E-state index is 11.2. The predicted molar refractivity (Wildman–Crippen MR) is 78.8 cm³/mol. The normalized spacial score (nSPS) is 10.3. The van der Waals surface area contributed by atoms with Crippen molar-refractivity contribution in [3.8, 4) is 5.75 Å². The van der Waals surface area contributed by atoms with Gasteiger partial charge in [-0.1, -0.05) is 41.9 Å². The zero-order valence-corrected chi connectivity index (χ0v) is 11.9. The first-order valence-electron chi connectivity index (χ1n) is 6.26. The van der Waals surface area contributed by atoms with Gasteiger partial charge >= 0.3 is 5.97 Å². The molecule has 0 atom stereocenters. The molecular weight excluding hydrogens is 276 g/mol. The first-order chi connectivity index (χ1) is 9.63. The van der Waals surface area contributed by atoms with Crippen LogP contribution in [0.2, 0.25) is 5.02 Å². The summed E-state index contributed by atoms with van der Waals surface area (Å²) in [6.45, 7) is 0. The molecule has 0 aliphatic carbocycles. The van der Waals surface area contributed by atoms with Crippen molar-refractivity contribution >= 4 is 17.6 Å². The third-order valence-electron chi connectivity index (χ3n) is 3.14. The summed E-state index contributed by atoms with van der Waals surface area (Å²) in [4.78, 5) is 11.2. The molecule has 0 unspecified atom stereocenters. The smallest absolute Gasteiger partial charge is 0.339 e. The van der Waals surface area contributed by atoms with Gasteiger partial charge in [-0.15, -0.1) is 0 Å². The molecule has 0 fully saturated rings. The van der Waals surface area contributed by atoms with Gasteiger partial charge in [-0.2, -0.15) is 0 Å². The predicted octanol–water partition coefficient (Wildman–Crippen LogP) is 3.83. The molecule has 2 aromatic rings. The first kappa shape index (κ1) is 14.4. The van der Waals surface area contributed by atoms with E-state index in [0.717, 1.165) is 12.0 Å². The molecule has 0 spiro atoms. The lowest BCUT2D eigenvalue weighted by Crippen LogP contribution is -2.05. The molecule has 0 radical (unpaired) electrons. The Kier molecular flexibility index (Phi) is 4.64. The first-order valence-corrected chi connectivity index (χ1v) is 6.64. The number of benzene rings is 2. The fourth-order valence-corrected chi connectivity index (χ4v) is 2.40. The van der Waals surface area contributed by atoms with Crippen molar-refractivity contribution < 1.29 is 14.6 Å². The molecule has 104 valence electrons. The molecular formula is C16H15ClO3. The number of carbonyl (C=O) groups is 1. The number of hydrogen-bond donors (Lipinski definition) is 1. The van der Waals surface area contributed by atoms with E-state index in [1.54, 1.807) is 6.07 Å². The fraction of sp³-hybridized carbons (Fsp3) is 0.188. The summed E-state index contributed by atoms with van der Waals surface area (Å²) in [5, 5.41) is 9.70. The number of halogens is 1. The molecule has 0 bridgehead atoms. The van der Waals surface area contributed by atoms with Crippen molar-refractivity contribution in [2.45, 2.75) is 12.8 Å². The Morgan fingerprint density at radius 1 is 1.15 bits per heavy atom. The molecule has 0 aliphatic rings. The minimum absolute atomic E-state index is 0.139. The van der Waals surface area contributed by atoms with Crippen molar-refractivity contribution in [3.63, 3.8) is 0 Å². The molecule has 0 saturated heterocycles. The van der Waals surface area contributed by atoms with Crippen LogP contribution in [0.15, 0.2) is 42.5 Å². The molecule has 1 N–H and O–H groups in total. The summed E-state index contributed by atoms with van der Waals surface area (Å²) in [6, 6.07) is 13.0. The third-order valence-corrected chi connectivity index (χ3v) is 3.50. The number of hydrogen-bond acceptors (Lipinski definition) is 2. The summed E-state index contributed by atoms with van der Waals surface area (Å²) in [5.74, 6) is -0.666. The summed E-state index contributed by atoms with van der Waals surface area (Å²) in [5.41, 5.74) is 2.05. The van der Waals surface area contributed by atoms with E-state index in [1.807, 2.05) is 30.3 Å². The summed E-state index contributed by atoms with van der Waals surface area (Å²) in [7, 11) is 1.46. The van der Waals surface area contributed by atoms with Crippen molar-refractivity contribution in [2.75, 3.05) is 7.11 Å². The minimum Gasteiger partial charge on any atom is -0.496 e. The van der Waals surface area contributed by atoms with Gasteiger partial charge in [0, 0.05) is 10.6 Å². The third kappa shape index (κ3) is 3.11. The number of carboxylic acids is 1. The van der Waals surface area contributed by atoms with Crippen molar-refractivity contribution in [2.24, 2.45) is 0 Å². The van der Waals surface area contributed by atoms with Crippen LogP contribution in [-0.4, -0.2) is 18.2 Å². The lowest BCUT2D eigenvalue weighted by molar-refractivity contribution is 0.0693. The molecule has 4 heteroatoms. The Labute approximate surface area is 122 Å². The SMILES string of the molecule is COc1c(C(=O)O)ccc(Cl)c1CCc1ccccc1. The fourth-order valence-electron chi connectivity index (χ4n) is 2.15.